The Morgan fingerprint density at radius 3 is 2.61 bits per heavy atom. The molecule has 0 radical (unpaired) electrons. The van der Waals surface area contributed by atoms with E-state index < -0.39 is 10.0 Å². The number of sulfonamides is 1. The molecular weight excluding hydrogens is 396 g/mol. The van der Waals surface area contributed by atoms with Crippen molar-refractivity contribution in [2.75, 3.05) is 7.05 Å². The lowest BCUT2D eigenvalue weighted by Gasteiger charge is -2.18. The molecule has 0 bridgehead atoms. The fraction of sp³-hybridized carbons (Fsp3) is 0.200. The smallest absolute Gasteiger partial charge is 0.218 e. The van der Waals surface area contributed by atoms with Gasteiger partial charge in [-0.2, -0.15) is 9.57 Å². The Morgan fingerprint density at radius 1 is 1.18 bits per heavy atom. The molecule has 2 aromatic carbocycles. The number of aromatic nitrogens is 2. The second-order valence-corrected chi connectivity index (χ2v) is 8.98. The number of benzene rings is 2. The molecule has 6 nitrogen and oxygen atoms in total. The largest absolute Gasteiger partial charge is 0.329 e. The van der Waals surface area contributed by atoms with Crippen molar-refractivity contribution in [2.24, 2.45) is 0 Å². The first kappa shape index (κ1) is 20.1. The zero-order valence-corrected chi connectivity index (χ0v) is 16.9. The number of imidazole rings is 1. The minimum absolute atomic E-state index is 0.117. The van der Waals surface area contributed by atoms with Gasteiger partial charge in [-0.3, -0.25) is 0 Å². The molecular formula is C20H19ClN4O2S. The Hall–Kier alpha value is -2.66. The van der Waals surface area contributed by atoms with Gasteiger partial charge in [0.1, 0.15) is 0 Å². The normalized spacial score (nSPS) is 11.5. The van der Waals surface area contributed by atoms with Gasteiger partial charge in [-0.25, -0.2) is 13.4 Å². The van der Waals surface area contributed by atoms with Gasteiger partial charge in [-0.05, 0) is 35.4 Å². The van der Waals surface area contributed by atoms with Crippen molar-refractivity contribution in [2.45, 2.75) is 18.8 Å². The molecule has 0 saturated carbocycles. The van der Waals surface area contributed by atoms with E-state index in [0.29, 0.717) is 22.7 Å². The van der Waals surface area contributed by atoms with Crippen LogP contribution in [0.2, 0.25) is 5.02 Å². The maximum atomic E-state index is 12.7. The second kappa shape index (κ2) is 8.57. The molecule has 8 heteroatoms. The van der Waals surface area contributed by atoms with Crippen LogP contribution in [0.1, 0.15) is 22.4 Å². The molecule has 0 aliphatic rings. The minimum atomic E-state index is -3.51. The summed E-state index contributed by atoms with van der Waals surface area (Å²) in [4.78, 5) is 4.15. The van der Waals surface area contributed by atoms with Crippen LogP contribution in [0.4, 0.5) is 0 Å². The van der Waals surface area contributed by atoms with Crippen LogP contribution < -0.4 is 0 Å². The number of rotatable bonds is 7. The fourth-order valence-electron chi connectivity index (χ4n) is 2.78. The van der Waals surface area contributed by atoms with Crippen LogP contribution in [0, 0.1) is 11.3 Å². The van der Waals surface area contributed by atoms with Crippen LogP contribution in [0.5, 0.6) is 0 Å². The molecule has 3 aromatic rings. The van der Waals surface area contributed by atoms with Gasteiger partial charge in [-0.1, -0.05) is 35.9 Å². The molecule has 0 amide bonds. The maximum Gasteiger partial charge on any atom is 0.218 e. The monoisotopic (exact) mass is 414 g/mol. The highest BCUT2D eigenvalue weighted by Gasteiger charge is 2.20. The molecule has 0 fully saturated rings. The third kappa shape index (κ3) is 4.98. The SMILES string of the molecule is CN(Cc1cncn1Cc1ccc(C#N)cc1)S(=O)(=O)Cc1cccc(Cl)c1. The van der Waals surface area contributed by atoms with E-state index in [4.69, 9.17) is 16.9 Å². The highest BCUT2D eigenvalue weighted by atomic mass is 35.5. The van der Waals surface area contributed by atoms with E-state index in [9.17, 15) is 8.42 Å². The molecule has 3 rings (SSSR count). The van der Waals surface area contributed by atoms with Crippen LogP contribution in [0.15, 0.2) is 61.1 Å². The van der Waals surface area contributed by atoms with E-state index in [1.54, 1.807) is 56.0 Å². The predicted molar refractivity (Wildman–Crippen MR) is 108 cm³/mol. The summed E-state index contributed by atoms with van der Waals surface area (Å²) in [6.45, 7) is 0.752. The molecule has 144 valence electrons. The maximum absolute atomic E-state index is 12.7. The lowest BCUT2D eigenvalue weighted by atomic mass is 10.1. The average Bonchev–Trinajstić information content (AvgIpc) is 3.08. The van der Waals surface area contributed by atoms with E-state index >= 15 is 0 Å². The number of nitrogens with zero attached hydrogens (tertiary/aromatic N) is 4. The number of hydrogen-bond donors (Lipinski definition) is 0. The van der Waals surface area contributed by atoms with Crippen molar-refractivity contribution < 1.29 is 8.42 Å². The third-order valence-corrected chi connectivity index (χ3v) is 6.34. The number of hydrogen-bond acceptors (Lipinski definition) is 4. The molecule has 0 atom stereocenters. The number of nitriles is 1. The first-order valence-electron chi connectivity index (χ1n) is 8.54. The van der Waals surface area contributed by atoms with Gasteiger partial charge >= 0.3 is 0 Å². The number of halogens is 1. The Bertz CT molecular complexity index is 1100. The van der Waals surface area contributed by atoms with Crippen LogP contribution >= 0.6 is 11.6 Å². The van der Waals surface area contributed by atoms with Crippen molar-refractivity contribution in [3.63, 3.8) is 0 Å². The summed E-state index contributed by atoms with van der Waals surface area (Å²) < 4.78 is 28.6. The molecule has 0 aliphatic carbocycles. The van der Waals surface area contributed by atoms with Crippen molar-refractivity contribution in [3.05, 3.63) is 88.5 Å². The summed E-state index contributed by atoms with van der Waals surface area (Å²) in [6, 6.07) is 16.2. The van der Waals surface area contributed by atoms with E-state index in [-0.39, 0.29) is 12.3 Å². The molecule has 0 aliphatic heterocycles. The van der Waals surface area contributed by atoms with E-state index in [1.807, 2.05) is 16.7 Å². The lowest BCUT2D eigenvalue weighted by molar-refractivity contribution is 0.454. The zero-order chi connectivity index (χ0) is 20.1. The first-order chi connectivity index (χ1) is 13.4. The van der Waals surface area contributed by atoms with Gasteiger partial charge in [0, 0.05) is 24.8 Å². The lowest BCUT2D eigenvalue weighted by Crippen LogP contribution is -2.28. The van der Waals surface area contributed by atoms with Gasteiger partial charge < -0.3 is 4.57 Å². The van der Waals surface area contributed by atoms with Crippen molar-refractivity contribution in [1.82, 2.24) is 13.9 Å². The first-order valence-corrected chi connectivity index (χ1v) is 10.5. The van der Waals surface area contributed by atoms with Crippen molar-refractivity contribution in [3.8, 4) is 6.07 Å². The molecule has 0 N–H and O–H groups in total. The highest BCUT2D eigenvalue weighted by Crippen LogP contribution is 2.17. The Kier molecular flexibility index (Phi) is 6.15. The summed E-state index contributed by atoms with van der Waals surface area (Å²) in [7, 11) is -1.95. The van der Waals surface area contributed by atoms with E-state index in [1.165, 1.54) is 4.31 Å². The Labute approximate surface area is 169 Å². The van der Waals surface area contributed by atoms with Crippen LogP contribution in [0.3, 0.4) is 0 Å². The Morgan fingerprint density at radius 2 is 1.93 bits per heavy atom. The molecule has 0 unspecified atom stereocenters. The minimum Gasteiger partial charge on any atom is -0.329 e. The summed E-state index contributed by atoms with van der Waals surface area (Å²) in [5, 5.41) is 9.40. The topological polar surface area (TPSA) is 79.0 Å². The molecule has 0 saturated heterocycles. The van der Waals surface area contributed by atoms with Crippen LogP contribution in [-0.2, 0) is 28.9 Å². The van der Waals surface area contributed by atoms with Gasteiger partial charge in [0.25, 0.3) is 0 Å². The van der Waals surface area contributed by atoms with Gasteiger partial charge in [0.15, 0.2) is 0 Å². The fourth-order valence-corrected chi connectivity index (χ4v) is 4.14. The average molecular weight is 415 g/mol. The zero-order valence-electron chi connectivity index (χ0n) is 15.3. The summed E-state index contributed by atoms with van der Waals surface area (Å²) >= 11 is 5.95. The summed E-state index contributed by atoms with van der Waals surface area (Å²) in [5.74, 6) is -0.117. The van der Waals surface area contributed by atoms with E-state index in [0.717, 1.165) is 11.3 Å². The standard InChI is InChI=1S/C20H19ClN4O2S/c1-24(28(26,27)14-18-3-2-4-19(21)9-18)13-20-11-23-15-25(20)12-17-7-5-16(10-22)6-8-17/h2-9,11,15H,12-14H2,1H3. The summed E-state index contributed by atoms with van der Waals surface area (Å²) in [6.07, 6.45) is 3.33. The van der Waals surface area contributed by atoms with Gasteiger partial charge in [0.2, 0.25) is 10.0 Å². The quantitative estimate of drug-likeness (QED) is 0.593. The van der Waals surface area contributed by atoms with Crippen LogP contribution in [0.25, 0.3) is 0 Å². The molecule has 1 heterocycles. The second-order valence-electron chi connectivity index (χ2n) is 6.46. The van der Waals surface area contributed by atoms with Gasteiger partial charge in [0.05, 0.1) is 36.0 Å². The highest BCUT2D eigenvalue weighted by molar-refractivity contribution is 7.88. The van der Waals surface area contributed by atoms with Crippen molar-refractivity contribution in [1.29, 1.82) is 5.26 Å². The summed E-state index contributed by atoms with van der Waals surface area (Å²) in [5.41, 5.74) is 3.02. The molecule has 1 aromatic heterocycles. The van der Waals surface area contributed by atoms with E-state index in [2.05, 4.69) is 11.1 Å². The molecule has 0 spiro atoms. The Balaban J connectivity index is 1.71. The molecule has 28 heavy (non-hydrogen) atoms. The third-order valence-electron chi connectivity index (χ3n) is 4.33. The predicted octanol–water partition coefficient (Wildman–Crippen LogP) is 3.42. The van der Waals surface area contributed by atoms with Crippen LogP contribution in [-0.4, -0.2) is 29.3 Å². The van der Waals surface area contributed by atoms with Gasteiger partial charge in [-0.15, -0.1) is 0 Å². The van der Waals surface area contributed by atoms with Crippen molar-refractivity contribution >= 4 is 21.6 Å².